The highest BCUT2D eigenvalue weighted by Crippen LogP contribution is 2.43. The van der Waals surface area contributed by atoms with Gasteiger partial charge in [0, 0.05) is 19.1 Å². The van der Waals surface area contributed by atoms with E-state index in [1.54, 1.807) is 0 Å². The minimum Gasteiger partial charge on any atom is -0.396 e. The van der Waals surface area contributed by atoms with Gasteiger partial charge >= 0.3 is 0 Å². The van der Waals surface area contributed by atoms with Crippen LogP contribution in [0.25, 0.3) is 0 Å². The molecule has 0 saturated heterocycles. The summed E-state index contributed by atoms with van der Waals surface area (Å²) in [7, 11) is 0. The molecule has 2 rings (SSSR count). The van der Waals surface area contributed by atoms with Crippen LogP contribution in [0.15, 0.2) is 12.2 Å². The molecule has 18 heavy (non-hydrogen) atoms. The summed E-state index contributed by atoms with van der Waals surface area (Å²) >= 11 is 0. The highest BCUT2D eigenvalue weighted by molar-refractivity contribution is 5.79. The maximum atomic E-state index is 12.1. The van der Waals surface area contributed by atoms with Crippen LogP contribution in [0.2, 0.25) is 0 Å². The second kappa shape index (κ2) is 6.37. The average molecular weight is 251 g/mol. The van der Waals surface area contributed by atoms with Crippen LogP contribution in [-0.2, 0) is 4.79 Å². The molecule has 3 heteroatoms. The Kier molecular flexibility index (Phi) is 4.81. The second-order valence-electron chi connectivity index (χ2n) is 5.80. The first-order valence-corrected chi connectivity index (χ1v) is 7.31. The zero-order valence-corrected chi connectivity index (χ0v) is 11.3. The molecule has 2 N–H and O–H groups in total. The van der Waals surface area contributed by atoms with Crippen molar-refractivity contribution >= 4 is 5.91 Å². The van der Waals surface area contributed by atoms with Crippen molar-refractivity contribution in [3.63, 3.8) is 0 Å². The lowest BCUT2D eigenvalue weighted by atomic mass is 9.92. The Morgan fingerprint density at radius 1 is 1.39 bits per heavy atom. The lowest BCUT2D eigenvalue weighted by Gasteiger charge is -2.20. The van der Waals surface area contributed by atoms with Crippen LogP contribution in [0.4, 0.5) is 0 Å². The Morgan fingerprint density at radius 3 is 2.78 bits per heavy atom. The quantitative estimate of drug-likeness (QED) is 0.681. The largest absolute Gasteiger partial charge is 0.396 e. The number of aliphatic hydroxyl groups is 1. The molecular weight excluding hydrogens is 226 g/mol. The maximum Gasteiger partial charge on any atom is 0.223 e. The number of carbonyl (C=O) groups excluding carboxylic acids is 1. The fraction of sp³-hybridized carbons (Fsp3) is 0.800. The summed E-state index contributed by atoms with van der Waals surface area (Å²) in [6.45, 7) is 3.09. The van der Waals surface area contributed by atoms with Gasteiger partial charge in [-0.05, 0) is 43.4 Å². The number of hydrogen-bond acceptors (Lipinski definition) is 2. The summed E-state index contributed by atoms with van der Waals surface area (Å²) in [5.74, 6) is 1.99. The van der Waals surface area contributed by atoms with E-state index in [9.17, 15) is 4.79 Å². The summed E-state index contributed by atoms with van der Waals surface area (Å²) in [4.78, 5) is 12.1. The predicted molar refractivity (Wildman–Crippen MR) is 72.0 cm³/mol. The number of fused-ring (bicyclic) bond motifs is 2. The van der Waals surface area contributed by atoms with Gasteiger partial charge in [-0.1, -0.05) is 25.5 Å². The van der Waals surface area contributed by atoms with E-state index in [0.29, 0.717) is 17.8 Å². The molecule has 102 valence electrons. The molecule has 1 saturated carbocycles. The first kappa shape index (κ1) is 13.6. The van der Waals surface area contributed by atoms with E-state index >= 15 is 0 Å². The Balaban J connectivity index is 1.75. The van der Waals surface area contributed by atoms with Gasteiger partial charge in [0.1, 0.15) is 0 Å². The molecule has 4 unspecified atom stereocenters. The molecule has 3 nitrogen and oxygen atoms in total. The normalized spacial score (nSPS) is 30.7. The lowest BCUT2D eigenvalue weighted by molar-refractivity contribution is -0.125. The van der Waals surface area contributed by atoms with Gasteiger partial charge in [0.05, 0.1) is 0 Å². The van der Waals surface area contributed by atoms with Crippen molar-refractivity contribution in [2.45, 2.75) is 39.0 Å². The van der Waals surface area contributed by atoms with E-state index in [-0.39, 0.29) is 18.4 Å². The molecule has 1 fully saturated rings. The van der Waals surface area contributed by atoms with Crippen LogP contribution in [0.5, 0.6) is 0 Å². The van der Waals surface area contributed by atoms with E-state index < -0.39 is 0 Å². The van der Waals surface area contributed by atoms with Crippen LogP contribution in [0.1, 0.15) is 39.0 Å². The maximum absolute atomic E-state index is 12.1. The van der Waals surface area contributed by atoms with Crippen LogP contribution in [0, 0.1) is 23.7 Å². The summed E-state index contributed by atoms with van der Waals surface area (Å²) in [6.07, 6.45) is 9.67. The lowest BCUT2D eigenvalue weighted by Crippen LogP contribution is -2.36. The molecule has 0 aromatic heterocycles. The van der Waals surface area contributed by atoms with Crippen molar-refractivity contribution in [1.29, 1.82) is 0 Å². The Morgan fingerprint density at radius 2 is 2.22 bits per heavy atom. The first-order valence-electron chi connectivity index (χ1n) is 7.31. The van der Waals surface area contributed by atoms with Crippen LogP contribution in [-0.4, -0.2) is 24.2 Å². The number of hydrogen-bond donors (Lipinski definition) is 2. The Labute approximate surface area is 110 Å². The highest BCUT2D eigenvalue weighted by Gasteiger charge is 2.39. The van der Waals surface area contributed by atoms with Gasteiger partial charge in [-0.3, -0.25) is 4.79 Å². The SMILES string of the molecule is CCCC(CCO)CNC(=O)C1CC2C=CC1C2. The van der Waals surface area contributed by atoms with Crippen molar-refractivity contribution in [1.82, 2.24) is 5.32 Å². The third-order valence-corrected chi connectivity index (χ3v) is 4.41. The fourth-order valence-electron chi connectivity index (χ4n) is 3.40. The zero-order valence-electron chi connectivity index (χ0n) is 11.3. The first-order chi connectivity index (χ1) is 8.74. The van der Waals surface area contributed by atoms with Gasteiger partial charge in [-0.15, -0.1) is 0 Å². The van der Waals surface area contributed by atoms with Gasteiger partial charge in [0.25, 0.3) is 0 Å². The van der Waals surface area contributed by atoms with Crippen LogP contribution >= 0.6 is 0 Å². The Hall–Kier alpha value is -0.830. The number of nitrogens with one attached hydrogen (secondary N) is 1. The van der Waals surface area contributed by atoms with E-state index in [2.05, 4.69) is 24.4 Å². The van der Waals surface area contributed by atoms with Gasteiger partial charge in [-0.25, -0.2) is 0 Å². The number of rotatable bonds is 7. The van der Waals surface area contributed by atoms with Crippen molar-refractivity contribution in [2.24, 2.45) is 23.7 Å². The van der Waals surface area contributed by atoms with Crippen LogP contribution < -0.4 is 5.32 Å². The van der Waals surface area contributed by atoms with Crippen molar-refractivity contribution in [3.05, 3.63) is 12.2 Å². The monoisotopic (exact) mass is 251 g/mol. The standard InChI is InChI=1S/C15H25NO2/c1-2-3-11(6-7-17)10-16-15(18)14-9-12-4-5-13(14)8-12/h4-5,11-14,17H,2-3,6-10H2,1H3,(H,16,18). The molecule has 0 aromatic rings. The van der Waals surface area contributed by atoms with Crippen molar-refractivity contribution < 1.29 is 9.90 Å². The molecule has 2 aliphatic rings. The highest BCUT2D eigenvalue weighted by atomic mass is 16.3. The number of aliphatic hydroxyl groups excluding tert-OH is 1. The minimum absolute atomic E-state index is 0.205. The van der Waals surface area contributed by atoms with Crippen LogP contribution in [0.3, 0.4) is 0 Å². The van der Waals surface area contributed by atoms with Crippen molar-refractivity contribution in [3.8, 4) is 0 Å². The summed E-state index contributed by atoms with van der Waals surface area (Å²) in [5.41, 5.74) is 0. The van der Waals surface area contributed by atoms with E-state index in [4.69, 9.17) is 5.11 Å². The molecule has 0 heterocycles. The predicted octanol–water partition coefficient (Wildman–Crippen LogP) is 2.11. The average Bonchev–Trinajstić information content (AvgIpc) is 2.98. The third kappa shape index (κ3) is 3.14. The fourth-order valence-corrected chi connectivity index (χ4v) is 3.40. The third-order valence-electron chi connectivity index (χ3n) is 4.41. The van der Waals surface area contributed by atoms with Gasteiger partial charge < -0.3 is 10.4 Å². The summed E-state index contributed by atoms with van der Waals surface area (Å²) < 4.78 is 0. The molecule has 4 atom stereocenters. The molecule has 0 radical (unpaired) electrons. The summed E-state index contributed by atoms with van der Waals surface area (Å²) in [5, 5.41) is 12.1. The summed E-state index contributed by atoms with van der Waals surface area (Å²) in [6, 6.07) is 0. The van der Waals surface area contributed by atoms with Gasteiger partial charge in [0.2, 0.25) is 5.91 Å². The minimum atomic E-state index is 0.205. The van der Waals surface area contributed by atoms with Crippen molar-refractivity contribution in [2.75, 3.05) is 13.2 Å². The van der Waals surface area contributed by atoms with E-state index in [0.717, 1.165) is 32.2 Å². The van der Waals surface area contributed by atoms with Gasteiger partial charge in [-0.2, -0.15) is 0 Å². The molecule has 0 aliphatic heterocycles. The second-order valence-corrected chi connectivity index (χ2v) is 5.80. The molecule has 0 spiro atoms. The molecule has 1 amide bonds. The smallest absolute Gasteiger partial charge is 0.223 e. The van der Waals surface area contributed by atoms with E-state index in [1.165, 1.54) is 6.42 Å². The number of allylic oxidation sites excluding steroid dienone is 2. The number of amides is 1. The molecule has 2 bridgehead atoms. The Bertz CT molecular complexity index is 308. The molecular formula is C15H25NO2. The van der Waals surface area contributed by atoms with Gasteiger partial charge in [0.15, 0.2) is 0 Å². The van der Waals surface area contributed by atoms with E-state index in [1.807, 2.05) is 0 Å². The molecule has 2 aliphatic carbocycles. The zero-order chi connectivity index (χ0) is 13.0. The topological polar surface area (TPSA) is 49.3 Å². The molecule has 0 aromatic carbocycles. The number of carbonyl (C=O) groups is 1.